The van der Waals surface area contributed by atoms with E-state index in [1.54, 1.807) is 12.4 Å². The van der Waals surface area contributed by atoms with E-state index in [1.807, 2.05) is 36.4 Å². The van der Waals surface area contributed by atoms with E-state index in [0.29, 0.717) is 0 Å². The van der Waals surface area contributed by atoms with Crippen molar-refractivity contribution < 1.29 is 14.1 Å². The highest BCUT2D eigenvalue weighted by Crippen LogP contribution is 2.38. The number of carbonyl (C=O) groups excluding carboxylic acids is 1. The van der Waals surface area contributed by atoms with Crippen molar-refractivity contribution in [1.29, 1.82) is 0 Å². The molecular weight excluding hydrogens is 413 g/mol. The van der Waals surface area contributed by atoms with Gasteiger partial charge >= 0.3 is 7.12 Å². The van der Waals surface area contributed by atoms with Gasteiger partial charge in [-0.05, 0) is 75.1 Å². The zero-order chi connectivity index (χ0) is 23.6. The van der Waals surface area contributed by atoms with Crippen LogP contribution in [-0.4, -0.2) is 35.8 Å². The maximum absolute atomic E-state index is 13.0. The van der Waals surface area contributed by atoms with E-state index < -0.39 is 5.92 Å². The van der Waals surface area contributed by atoms with E-state index in [9.17, 15) is 4.79 Å². The quantitative estimate of drug-likeness (QED) is 0.521. The molecule has 7 heteroatoms. The Morgan fingerprint density at radius 1 is 1.03 bits per heavy atom. The number of nitrogens with two attached hydrogens (primary N) is 1. The number of fused-ring (bicyclic) bond motifs is 1. The molecule has 1 aliphatic heterocycles. The number of hydrogen-bond donors (Lipinski definition) is 2. The van der Waals surface area contributed by atoms with Crippen molar-refractivity contribution >= 4 is 29.5 Å². The minimum absolute atomic E-state index is 0.115. The molecule has 0 bridgehead atoms. The van der Waals surface area contributed by atoms with Gasteiger partial charge in [0.25, 0.3) is 0 Å². The monoisotopic (exact) mass is 445 g/mol. The summed E-state index contributed by atoms with van der Waals surface area (Å²) in [7, 11) is -0.213. The molecule has 1 aromatic heterocycles. The second-order valence-corrected chi connectivity index (χ2v) is 9.68. The molecule has 0 radical (unpaired) electrons. The number of anilines is 1. The maximum Gasteiger partial charge on any atom is 0.458 e. The average molecular weight is 445 g/mol. The number of nitrogens with one attached hydrogen (secondary N) is 1. The molecule has 1 saturated heterocycles. The Morgan fingerprint density at radius 3 is 2.39 bits per heavy atom. The van der Waals surface area contributed by atoms with Gasteiger partial charge in [0.05, 0.1) is 17.1 Å². The highest BCUT2D eigenvalue weighted by molar-refractivity contribution is 6.45. The largest absolute Gasteiger partial charge is 0.458 e. The van der Waals surface area contributed by atoms with Crippen LogP contribution in [0.1, 0.15) is 44.7 Å². The van der Waals surface area contributed by atoms with Crippen LogP contribution in [0.25, 0.3) is 10.8 Å². The molecule has 3 aromatic rings. The van der Waals surface area contributed by atoms with Crippen LogP contribution in [0.2, 0.25) is 6.32 Å². The number of rotatable bonds is 7. The molecule has 2 aromatic carbocycles. The van der Waals surface area contributed by atoms with Crippen LogP contribution in [0.3, 0.4) is 0 Å². The summed E-state index contributed by atoms with van der Waals surface area (Å²) in [5.41, 5.74) is 8.17. The van der Waals surface area contributed by atoms with Gasteiger partial charge < -0.3 is 20.4 Å². The van der Waals surface area contributed by atoms with Gasteiger partial charge in [0.15, 0.2) is 0 Å². The average Bonchev–Trinajstić information content (AvgIpc) is 2.99. The van der Waals surface area contributed by atoms with Crippen LogP contribution in [-0.2, 0) is 20.5 Å². The summed E-state index contributed by atoms with van der Waals surface area (Å²) >= 11 is 0. The lowest BCUT2D eigenvalue weighted by molar-refractivity contribution is -0.117. The SMILES string of the molecule is CC1(C)OB(CCc2ccc(C(CN)C(=O)Nc3ccc4cnccc4c3)cc2)OC1(C)C. The van der Waals surface area contributed by atoms with Gasteiger partial charge in [0, 0.05) is 30.0 Å². The van der Waals surface area contributed by atoms with Crippen molar-refractivity contribution in [1.82, 2.24) is 4.98 Å². The van der Waals surface area contributed by atoms with E-state index >= 15 is 0 Å². The van der Waals surface area contributed by atoms with Crippen LogP contribution in [0, 0.1) is 0 Å². The molecule has 1 aliphatic rings. The highest BCUT2D eigenvalue weighted by atomic mass is 16.7. The lowest BCUT2D eigenvalue weighted by Crippen LogP contribution is -2.41. The minimum atomic E-state index is -0.421. The fraction of sp³-hybridized carbons (Fsp3) is 0.385. The first-order valence-electron chi connectivity index (χ1n) is 11.5. The predicted molar refractivity (Wildman–Crippen MR) is 133 cm³/mol. The second kappa shape index (κ2) is 9.25. The van der Waals surface area contributed by atoms with Crippen LogP contribution < -0.4 is 11.1 Å². The Labute approximate surface area is 196 Å². The molecule has 1 atom stereocenters. The molecule has 2 heterocycles. The number of hydrogen-bond acceptors (Lipinski definition) is 5. The van der Waals surface area contributed by atoms with E-state index in [-0.39, 0.29) is 30.8 Å². The van der Waals surface area contributed by atoms with Crippen molar-refractivity contribution in [3.8, 4) is 0 Å². The Morgan fingerprint density at radius 2 is 1.73 bits per heavy atom. The topological polar surface area (TPSA) is 86.5 Å². The summed E-state index contributed by atoms with van der Waals surface area (Å²) in [6, 6.07) is 15.8. The molecule has 33 heavy (non-hydrogen) atoms. The Kier molecular flexibility index (Phi) is 6.57. The summed E-state index contributed by atoms with van der Waals surface area (Å²) in [5.74, 6) is -0.536. The van der Waals surface area contributed by atoms with Gasteiger partial charge in [0.1, 0.15) is 0 Å². The van der Waals surface area contributed by atoms with E-state index in [0.717, 1.165) is 34.8 Å². The van der Waals surface area contributed by atoms with Crippen molar-refractivity contribution in [2.24, 2.45) is 5.73 Å². The van der Waals surface area contributed by atoms with E-state index in [2.05, 4.69) is 50.1 Å². The zero-order valence-corrected chi connectivity index (χ0v) is 19.8. The first-order chi connectivity index (χ1) is 15.7. The minimum Gasteiger partial charge on any atom is -0.403 e. The van der Waals surface area contributed by atoms with Crippen molar-refractivity contribution in [3.63, 3.8) is 0 Å². The molecule has 172 valence electrons. The number of carbonyl (C=O) groups is 1. The van der Waals surface area contributed by atoms with E-state index in [4.69, 9.17) is 15.0 Å². The van der Waals surface area contributed by atoms with Crippen LogP contribution in [0.15, 0.2) is 60.9 Å². The fourth-order valence-electron chi connectivity index (χ4n) is 4.07. The molecule has 6 nitrogen and oxygen atoms in total. The Balaban J connectivity index is 1.37. The number of pyridine rings is 1. The smallest absolute Gasteiger partial charge is 0.403 e. The zero-order valence-electron chi connectivity index (χ0n) is 19.8. The fourth-order valence-corrected chi connectivity index (χ4v) is 4.07. The summed E-state index contributed by atoms with van der Waals surface area (Å²) in [4.78, 5) is 17.1. The number of aromatic nitrogens is 1. The molecule has 0 aliphatic carbocycles. The van der Waals surface area contributed by atoms with Gasteiger partial charge in [0.2, 0.25) is 5.91 Å². The van der Waals surface area contributed by atoms with Crippen molar-refractivity contribution in [3.05, 3.63) is 72.1 Å². The van der Waals surface area contributed by atoms with Crippen LogP contribution in [0.4, 0.5) is 5.69 Å². The second-order valence-electron chi connectivity index (χ2n) is 9.68. The lowest BCUT2D eigenvalue weighted by atomic mass is 9.81. The maximum atomic E-state index is 13.0. The number of benzene rings is 2. The molecule has 4 rings (SSSR count). The lowest BCUT2D eigenvalue weighted by Gasteiger charge is -2.32. The number of aryl methyl sites for hydroxylation is 1. The normalized spacial score (nSPS) is 17.8. The Hall–Kier alpha value is -2.74. The molecule has 0 spiro atoms. The Bertz CT molecular complexity index is 1120. The summed E-state index contributed by atoms with van der Waals surface area (Å²) in [6.45, 7) is 8.49. The van der Waals surface area contributed by atoms with Crippen LogP contribution in [0.5, 0.6) is 0 Å². The third-order valence-corrected chi connectivity index (χ3v) is 6.81. The molecule has 1 unspecified atom stereocenters. The van der Waals surface area contributed by atoms with Gasteiger partial charge in [-0.2, -0.15) is 0 Å². The third kappa shape index (κ3) is 5.11. The first kappa shape index (κ1) is 23.4. The highest BCUT2D eigenvalue weighted by Gasteiger charge is 2.50. The summed E-state index contributed by atoms with van der Waals surface area (Å²) < 4.78 is 12.2. The van der Waals surface area contributed by atoms with Gasteiger partial charge in [-0.25, -0.2) is 0 Å². The molecular formula is C26H32BN3O3. The van der Waals surface area contributed by atoms with Gasteiger partial charge in [-0.15, -0.1) is 0 Å². The third-order valence-electron chi connectivity index (χ3n) is 6.81. The summed E-state index contributed by atoms with van der Waals surface area (Å²) in [5, 5.41) is 5.06. The van der Waals surface area contributed by atoms with Gasteiger partial charge in [-0.3, -0.25) is 9.78 Å². The summed E-state index contributed by atoms with van der Waals surface area (Å²) in [6.07, 6.45) is 5.16. The number of nitrogens with zero attached hydrogens (tertiary/aromatic N) is 1. The van der Waals surface area contributed by atoms with Crippen molar-refractivity contribution in [2.75, 3.05) is 11.9 Å². The standard InChI is InChI=1S/C26H32BN3O3/c1-25(2)26(3,4)33-27(32-25)13-11-18-5-7-19(8-6-18)23(16-28)24(31)30-22-10-9-21-17-29-14-12-20(21)15-22/h5-10,12,14-15,17,23H,11,13,16,28H2,1-4H3,(H,30,31). The molecule has 1 fully saturated rings. The van der Waals surface area contributed by atoms with E-state index in [1.165, 1.54) is 5.56 Å². The predicted octanol–water partition coefficient (Wildman–Crippen LogP) is 4.55. The van der Waals surface area contributed by atoms with Gasteiger partial charge in [-0.1, -0.05) is 30.3 Å². The molecule has 1 amide bonds. The number of amides is 1. The molecule has 3 N–H and O–H groups in total. The van der Waals surface area contributed by atoms with Crippen LogP contribution >= 0.6 is 0 Å². The molecule has 0 saturated carbocycles. The van der Waals surface area contributed by atoms with Crippen molar-refractivity contribution in [2.45, 2.75) is 57.6 Å². The first-order valence-corrected chi connectivity index (χ1v) is 11.5.